The summed E-state index contributed by atoms with van der Waals surface area (Å²) in [7, 11) is 4.25. The monoisotopic (exact) mass is 236 g/mol. The van der Waals surface area contributed by atoms with Crippen molar-refractivity contribution >= 4 is 5.95 Å². The third-order valence-electron chi connectivity index (χ3n) is 4.00. The first kappa shape index (κ1) is 12.4. The Morgan fingerprint density at radius 2 is 2.12 bits per heavy atom. The molecule has 4 nitrogen and oxygen atoms in total. The largest absolute Gasteiger partial charge is 0.342 e. The summed E-state index contributed by atoms with van der Waals surface area (Å²) in [4.78, 5) is 6.83. The predicted octanol–water partition coefficient (Wildman–Crippen LogP) is 1.87. The summed E-state index contributed by atoms with van der Waals surface area (Å²) in [6, 6.07) is 1.36. The zero-order valence-electron chi connectivity index (χ0n) is 11.2. The van der Waals surface area contributed by atoms with Crippen LogP contribution in [0.4, 0.5) is 5.95 Å². The van der Waals surface area contributed by atoms with Crippen LogP contribution >= 0.6 is 0 Å². The van der Waals surface area contributed by atoms with Crippen LogP contribution in [0.25, 0.3) is 0 Å². The molecule has 1 heterocycles. The molecule has 1 N–H and O–H groups in total. The molecule has 0 aliphatic heterocycles. The summed E-state index contributed by atoms with van der Waals surface area (Å²) in [5.41, 5.74) is 0. The summed E-state index contributed by atoms with van der Waals surface area (Å²) in [5.74, 6) is 1.11. The lowest BCUT2D eigenvalue weighted by atomic mass is 9.90. The van der Waals surface area contributed by atoms with E-state index in [0.29, 0.717) is 12.1 Å². The number of nitrogens with one attached hydrogen (secondary N) is 1. The van der Waals surface area contributed by atoms with Gasteiger partial charge in [0.05, 0.1) is 0 Å². The highest BCUT2D eigenvalue weighted by Gasteiger charge is 2.24. The second kappa shape index (κ2) is 5.54. The summed E-state index contributed by atoms with van der Waals surface area (Å²) in [5, 5.41) is 3.38. The summed E-state index contributed by atoms with van der Waals surface area (Å²) >= 11 is 0. The van der Waals surface area contributed by atoms with E-state index in [1.54, 1.807) is 0 Å². The molecule has 1 fully saturated rings. The molecule has 1 aliphatic carbocycles. The molecule has 0 radical (unpaired) electrons. The first-order valence-electron chi connectivity index (χ1n) is 6.67. The number of hydrogen-bond donors (Lipinski definition) is 1. The molecule has 96 valence electrons. The average molecular weight is 236 g/mol. The fourth-order valence-corrected chi connectivity index (χ4v) is 2.78. The first-order valence-corrected chi connectivity index (χ1v) is 6.67. The molecule has 0 unspecified atom stereocenters. The van der Waals surface area contributed by atoms with Gasteiger partial charge in [-0.25, -0.2) is 4.98 Å². The minimum atomic E-state index is 0.646. The minimum absolute atomic E-state index is 0.646. The summed E-state index contributed by atoms with van der Waals surface area (Å²) in [6.07, 6.45) is 9.04. The van der Waals surface area contributed by atoms with E-state index in [2.05, 4.69) is 47.0 Å². The van der Waals surface area contributed by atoms with Gasteiger partial charge in [-0.3, -0.25) is 0 Å². The number of imidazole rings is 1. The van der Waals surface area contributed by atoms with Gasteiger partial charge >= 0.3 is 0 Å². The Kier molecular flexibility index (Phi) is 4.05. The quantitative estimate of drug-likeness (QED) is 0.866. The van der Waals surface area contributed by atoms with Crippen molar-refractivity contribution in [2.75, 3.05) is 19.0 Å². The standard InChI is InChI=1S/C13H24N4/c1-4-17-10-9-15-13(17)16(3)12-7-5-11(14-2)6-8-12/h9-12,14H,4-8H2,1-3H3. The van der Waals surface area contributed by atoms with Crippen molar-refractivity contribution in [2.24, 2.45) is 0 Å². The average Bonchev–Trinajstić information content (AvgIpc) is 2.86. The zero-order valence-corrected chi connectivity index (χ0v) is 11.2. The summed E-state index contributed by atoms with van der Waals surface area (Å²) < 4.78 is 2.21. The van der Waals surface area contributed by atoms with Crippen LogP contribution in [0.2, 0.25) is 0 Å². The number of hydrogen-bond acceptors (Lipinski definition) is 3. The van der Waals surface area contributed by atoms with Gasteiger partial charge in [0, 0.05) is 38.1 Å². The SMILES string of the molecule is CCn1ccnc1N(C)C1CCC(NC)CC1. The highest BCUT2D eigenvalue weighted by Crippen LogP contribution is 2.25. The smallest absolute Gasteiger partial charge is 0.205 e. The normalized spacial score (nSPS) is 24.9. The van der Waals surface area contributed by atoms with Gasteiger partial charge in [-0.1, -0.05) is 0 Å². The molecule has 0 spiro atoms. The Morgan fingerprint density at radius 1 is 1.41 bits per heavy atom. The van der Waals surface area contributed by atoms with Gasteiger partial charge in [0.25, 0.3) is 0 Å². The maximum Gasteiger partial charge on any atom is 0.205 e. The molecule has 2 rings (SSSR count). The van der Waals surface area contributed by atoms with E-state index in [1.165, 1.54) is 25.7 Å². The van der Waals surface area contributed by atoms with Crippen LogP contribution in [0.15, 0.2) is 12.4 Å². The van der Waals surface area contributed by atoms with Crippen molar-refractivity contribution in [1.29, 1.82) is 0 Å². The van der Waals surface area contributed by atoms with Crippen molar-refractivity contribution in [3.8, 4) is 0 Å². The van der Waals surface area contributed by atoms with Crippen LogP contribution in [0.3, 0.4) is 0 Å². The molecule has 1 saturated carbocycles. The van der Waals surface area contributed by atoms with Gasteiger partial charge in [0.15, 0.2) is 0 Å². The highest BCUT2D eigenvalue weighted by atomic mass is 15.3. The Hall–Kier alpha value is -1.03. The lowest BCUT2D eigenvalue weighted by Crippen LogP contribution is -2.40. The van der Waals surface area contributed by atoms with Crippen LogP contribution in [-0.4, -0.2) is 35.7 Å². The van der Waals surface area contributed by atoms with Crippen molar-refractivity contribution < 1.29 is 0 Å². The van der Waals surface area contributed by atoms with Gasteiger partial charge in [0.2, 0.25) is 5.95 Å². The van der Waals surface area contributed by atoms with Crippen LogP contribution in [0, 0.1) is 0 Å². The number of rotatable bonds is 4. The second-order valence-electron chi connectivity index (χ2n) is 4.92. The van der Waals surface area contributed by atoms with Crippen molar-refractivity contribution in [1.82, 2.24) is 14.9 Å². The maximum atomic E-state index is 4.47. The molecular formula is C13H24N4. The third kappa shape index (κ3) is 2.63. The Bertz CT molecular complexity index is 339. The van der Waals surface area contributed by atoms with E-state index in [9.17, 15) is 0 Å². The van der Waals surface area contributed by atoms with E-state index >= 15 is 0 Å². The van der Waals surface area contributed by atoms with Gasteiger partial charge in [-0.2, -0.15) is 0 Å². The molecule has 4 heteroatoms. The number of anilines is 1. The van der Waals surface area contributed by atoms with E-state index < -0.39 is 0 Å². The van der Waals surface area contributed by atoms with Gasteiger partial charge in [0.1, 0.15) is 0 Å². The fourth-order valence-electron chi connectivity index (χ4n) is 2.78. The van der Waals surface area contributed by atoms with Crippen LogP contribution in [0.5, 0.6) is 0 Å². The molecule has 1 aromatic heterocycles. The molecule has 1 aromatic rings. The first-order chi connectivity index (χ1) is 8.26. The van der Waals surface area contributed by atoms with Crippen LogP contribution in [0.1, 0.15) is 32.6 Å². The highest BCUT2D eigenvalue weighted by molar-refractivity contribution is 5.31. The molecule has 17 heavy (non-hydrogen) atoms. The lowest BCUT2D eigenvalue weighted by molar-refractivity contribution is 0.348. The number of nitrogens with zero attached hydrogens (tertiary/aromatic N) is 3. The summed E-state index contributed by atoms with van der Waals surface area (Å²) in [6.45, 7) is 3.16. The van der Waals surface area contributed by atoms with Crippen LogP contribution in [-0.2, 0) is 6.54 Å². The van der Waals surface area contributed by atoms with Crippen molar-refractivity contribution in [3.05, 3.63) is 12.4 Å². The third-order valence-corrected chi connectivity index (χ3v) is 4.00. The Balaban J connectivity index is 1.99. The Morgan fingerprint density at radius 3 is 2.71 bits per heavy atom. The molecule has 1 aliphatic rings. The van der Waals surface area contributed by atoms with Crippen LogP contribution < -0.4 is 10.2 Å². The topological polar surface area (TPSA) is 33.1 Å². The van der Waals surface area contributed by atoms with E-state index in [0.717, 1.165) is 12.5 Å². The fraction of sp³-hybridized carbons (Fsp3) is 0.769. The lowest BCUT2D eigenvalue weighted by Gasteiger charge is -2.35. The van der Waals surface area contributed by atoms with Gasteiger partial charge in [-0.05, 0) is 39.7 Å². The number of aryl methyl sites for hydroxylation is 1. The van der Waals surface area contributed by atoms with Gasteiger partial charge in [-0.15, -0.1) is 0 Å². The molecule has 0 amide bonds. The molecule has 0 bridgehead atoms. The molecular weight excluding hydrogens is 212 g/mol. The molecule has 0 saturated heterocycles. The zero-order chi connectivity index (χ0) is 12.3. The number of aromatic nitrogens is 2. The van der Waals surface area contributed by atoms with E-state index in [-0.39, 0.29) is 0 Å². The van der Waals surface area contributed by atoms with Crippen molar-refractivity contribution in [2.45, 2.75) is 51.2 Å². The Labute approximate surface area is 104 Å². The van der Waals surface area contributed by atoms with Crippen molar-refractivity contribution in [3.63, 3.8) is 0 Å². The minimum Gasteiger partial charge on any atom is -0.342 e. The second-order valence-corrected chi connectivity index (χ2v) is 4.92. The van der Waals surface area contributed by atoms with E-state index in [1.807, 2.05) is 6.20 Å². The van der Waals surface area contributed by atoms with Gasteiger partial charge < -0.3 is 14.8 Å². The molecule has 0 atom stereocenters. The maximum absolute atomic E-state index is 4.47. The predicted molar refractivity (Wildman–Crippen MR) is 71.4 cm³/mol. The van der Waals surface area contributed by atoms with E-state index in [4.69, 9.17) is 0 Å². The molecule has 0 aromatic carbocycles.